The van der Waals surface area contributed by atoms with Crippen LogP contribution in [0, 0.1) is 0 Å². The predicted molar refractivity (Wildman–Crippen MR) is 34.0 cm³/mol. The second-order valence-corrected chi connectivity index (χ2v) is 1.08. The SMILES string of the molecule is C=CONC(=O)N=CC. The highest BCUT2D eigenvalue weighted by atomic mass is 16.6. The minimum absolute atomic E-state index is 0.544. The van der Waals surface area contributed by atoms with Gasteiger partial charge in [0, 0.05) is 6.21 Å². The van der Waals surface area contributed by atoms with E-state index in [1.165, 1.54) is 6.21 Å². The van der Waals surface area contributed by atoms with Crippen molar-refractivity contribution in [3.63, 3.8) is 0 Å². The number of carbonyl (C=O) groups excluding carboxylic acids is 1. The summed E-state index contributed by atoms with van der Waals surface area (Å²) < 4.78 is 0. The number of aliphatic imine (C=N–C) groups is 1. The topological polar surface area (TPSA) is 50.7 Å². The lowest BCUT2D eigenvalue weighted by Crippen LogP contribution is -2.16. The van der Waals surface area contributed by atoms with Gasteiger partial charge in [0.2, 0.25) is 0 Å². The summed E-state index contributed by atoms with van der Waals surface area (Å²) in [5.41, 5.74) is 1.98. The fourth-order valence-corrected chi connectivity index (χ4v) is 0.236. The molecule has 0 aromatic carbocycles. The summed E-state index contributed by atoms with van der Waals surface area (Å²) in [6, 6.07) is -0.544. The van der Waals surface area contributed by atoms with E-state index in [9.17, 15) is 4.79 Å². The van der Waals surface area contributed by atoms with Gasteiger partial charge in [0.1, 0.15) is 6.26 Å². The van der Waals surface area contributed by atoms with Crippen molar-refractivity contribution in [1.29, 1.82) is 0 Å². The number of nitrogens with one attached hydrogen (secondary N) is 1. The van der Waals surface area contributed by atoms with E-state index >= 15 is 0 Å². The second-order valence-electron chi connectivity index (χ2n) is 1.08. The zero-order valence-electron chi connectivity index (χ0n) is 5.13. The molecule has 4 nitrogen and oxygen atoms in total. The molecule has 0 rings (SSSR count). The first-order chi connectivity index (χ1) is 4.31. The molecule has 0 bridgehead atoms. The molecule has 0 atom stereocenters. The Bertz CT molecular complexity index is 131. The first kappa shape index (κ1) is 7.68. The summed E-state index contributed by atoms with van der Waals surface area (Å²) in [6.45, 7) is 4.84. The molecule has 0 fully saturated rings. The van der Waals surface area contributed by atoms with Crippen LogP contribution >= 0.6 is 0 Å². The van der Waals surface area contributed by atoms with Gasteiger partial charge in [0.05, 0.1) is 0 Å². The summed E-state index contributed by atoms with van der Waals surface area (Å²) in [5.74, 6) is 0. The molecule has 0 saturated carbocycles. The Balaban J connectivity index is 3.38. The van der Waals surface area contributed by atoms with Crippen molar-refractivity contribution < 1.29 is 9.63 Å². The number of hydrogen-bond donors (Lipinski definition) is 1. The van der Waals surface area contributed by atoms with Gasteiger partial charge in [-0.2, -0.15) is 5.48 Å². The van der Waals surface area contributed by atoms with Gasteiger partial charge in [-0.05, 0) is 6.92 Å². The summed E-state index contributed by atoms with van der Waals surface area (Å²) in [6.07, 6.45) is 2.46. The van der Waals surface area contributed by atoms with Gasteiger partial charge in [0.15, 0.2) is 0 Å². The first-order valence-electron chi connectivity index (χ1n) is 2.36. The minimum Gasteiger partial charge on any atom is -0.386 e. The lowest BCUT2D eigenvalue weighted by Gasteiger charge is -1.94. The highest BCUT2D eigenvalue weighted by molar-refractivity contribution is 5.81. The van der Waals surface area contributed by atoms with Crippen molar-refractivity contribution in [2.45, 2.75) is 6.92 Å². The molecule has 9 heavy (non-hydrogen) atoms. The lowest BCUT2D eigenvalue weighted by molar-refractivity contribution is 0.148. The lowest BCUT2D eigenvalue weighted by atomic mass is 10.9. The van der Waals surface area contributed by atoms with Crippen molar-refractivity contribution in [2.24, 2.45) is 4.99 Å². The molecule has 0 unspecified atom stereocenters. The summed E-state index contributed by atoms with van der Waals surface area (Å²) in [7, 11) is 0. The Morgan fingerprint density at radius 3 is 3.00 bits per heavy atom. The smallest absolute Gasteiger partial charge is 0.373 e. The van der Waals surface area contributed by atoms with Gasteiger partial charge in [-0.15, -0.1) is 0 Å². The quantitative estimate of drug-likeness (QED) is 0.340. The summed E-state index contributed by atoms with van der Waals surface area (Å²) in [5, 5.41) is 0. The van der Waals surface area contributed by atoms with Gasteiger partial charge < -0.3 is 4.84 Å². The van der Waals surface area contributed by atoms with Crippen LogP contribution in [0.2, 0.25) is 0 Å². The predicted octanol–water partition coefficient (Wildman–Crippen LogP) is 0.862. The standard InChI is InChI=1S/C5H8N2O2/c1-3-6-5(8)7-9-4-2/h3-4H,2H2,1H3,(H,7,8). The normalized spacial score (nSPS) is 9.00. The van der Waals surface area contributed by atoms with Crippen molar-refractivity contribution >= 4 is 12.2 Å². The van der Waals surface area contributed by atoms with Crippen LogP contribution in [0.4, 0.5) is 4.79 Å². The van der Waals surface area contributed by atoms with Gasteiger partial charge in [0.25, 0.3) is 0 Å². The van der Waals surface area contributed by atoms with Crippen LogP contribution < -0.4 is 5.48 Å². The van der Waals surface area contributed by atoms with E-state index in [1.807, 2.05) is 5.48 Å². The maximum atomic E-state index is 10.3. The summed E-state index contributed by atoms with van der Waals surface area (Å²) >= 11 is 0. The van der Waals surface area contributed by atoms with E-state index in [1.54, 1.807) is 6.92 Å². The number of hydroxylamine groups is 1. The molecule has 1 N–H and O–H groups in total. The van der Waals surface area contributed by atoms with Crippen molar-refractivity contribution in [3.05, 3.63) is 12.8 Å². The largest absolute Gasteiger partial charge is 0.386 e. The minimum atomic E-state index is -0.544. The molecule has 0 aromatic heterocycles. The van der Waals surface area contributed by atoms with Crippen molar-refractivity contribution in [1.82, 2.24) is 5.48 Å². The molecule has 2 amide bonds. The van der Waals surface area contributed by atoms with E-state index < -0.39 is 6.03 Å². The fraction of sp³-hybridized carbons (Fsp3) is 0.200. The van der Waals surface area contributed by atoms with Crippen LogP contribution in [0.25, 0.3) is 0 Å². The molecular weight excluding hydrogens is 120 g/mol. The first-order valence-corrected chi connectivity index (χ1v) is 2.36. The van der Waals surface area contributed by atoms with Crippen LogP contribution in [0.5, 0.6) is 0 Å². The number of rotatable bonds is 2. The van der Waals surface area contributed by atoms with E-state index in [4.69, 9.17) is 0 Å². The maximum absolute atomic E-state index is 10.3. The van der Waals surface area contributed by atoms with Crippen molar-refractivity contribution in [3.8, 4) is 0 Å². The molecule has 0 radical (unpaired) electrons. The van der Waals surface area contributed by atoms with Gasteiger partial charge in [-0.25, -0.2) is 9.79 Å². The number of amides is 2. The number of hydrogen-bond acceptors (Lipinski definition) is 2. The maximum Gasteiger partial charge on any atom is 0.373 e. The van der Waals surface area contributed by atoms with Crippen molar-refractivity contribution in [2.75, 3.05) is 0 Å². The van der Waals surface area contributed by atoms with Crippen LogP contribution in [-0.2, 0) is 4.84 Å². The van der Waals surface area contributed by atoms with Crippen LogP contribution in [0.3, 0.4) is 0 Å². The van der Waals surface area contributed by atoms with E-state index in [2.05, 4.69) is 16.4 Å². The van der Waals surface area contributed by atoms with Gasteiger partial charge in [-0.1, -0.05) is 6.58 Å². The monoisotopic (exact) mass is 128 g/mol. The molecular formula is C5H8N2O2. The van der Waals surface area contributed by atoms with Crippen LogP contribution in [0.1, 0.15) is 6.92 Å². The van der Waals surface area contributed by atoms with E-state index in [-0.39, 0.29) is 0 Å². The Morgan fingerprint density at radius 2 is 2.56 bits per heavy atom. The zero-order chi connectivity index (χ0) is 7.11. The molecule has 0 saturated heterocycles. The summed E-state index contributed by atoms with van der Waals surface area (Å²) in [4.78, 5) is 17.9. The highest BCUT2D eigenvalue weighted by Gasteiger charge is 1.89. The average Bonchev–Trinajstić information content (AvgIpc) is 1.85. The fourth-order valence-electron chi connectivity index (χ4n) is 0.236. The third kappa shape index (κ3) is 4.53. The Hall–Kier alpha value is -1.32. The number of urea groups is 1. The Kier molecular flexibility index (Phi) is 4.12. The molecule has 0 heterocycles. The third-order valence-corrected chi connectivity index (χ3v) is 0.476. The van der Waals surface area contributed by atoms with Crippen LogP contribution in [0.15, 0.2) is 17.8 Å². The molecule has 0 aromatic rings. The molecule has 0 aliphatic rings. The number of carbonyl (C=O) groups is 1. The highest BCUT2D eigenvalue weighted by Crippen LogP contribution is 1.72. The molecule has 0 aliphatic heterocycles. The van der Waals surface area contributed by atoms with Gasteiger partial charge in [-0.3, -0.25) is 0 Å². The second kappa shape index (κ2) is 4.83. The van der Waals surface area contributed by atoms with E-state index in [0.717, 1.165) is 6.26 Å². The zero-order valence-corrected chi connectivity index (χ0v) is 5.13. The van der Waals surface area contributed by atoms with Gasteiger partial charge >= 0.3 is 6.03 Å². The average molecular weight is 128 g/mol. The molecule has 0 aliphatic carbocycles. The Labute approximate surface area is 53.2 Å². The molecule has 50 valence electrons. The Morgan fingerprint density at radius 1 is 1.89 bits per heavy atom. The number of nitrogens with zero attached hydrogens (tertiary/aromatic N) is 1. The molecule has 4 heteroatoms. The van der Waals surface area contributed by atoms with Crippen LogP contribution in [-0.4, -0.2) is 12.2 Å². The molecule has 0 spiro atoms. The third-order valence-electron chi connectivity index (χ3n) is 0.476. The van der Waals surface area contributed by atoms with E-state index in [0.29, 0.717) is 0 Å².